The second kappa shape index (κ2) is 12.1. The Kier molecular flexibility index (Phi) is 9.07. The first-order chi connectivity index (χ1) is 18.4. The van der Waals surface area contributed by atoms with E-state index in [0.29, 0.717) is 25.1 Å². The standard InChI is InChI=1S/C27H39F3N6O3/c1-26(2)14-18(15-27(3,4)35-26)32-23-20(28)16-31-25(34-23)33-17-5-6-21(22(13-17)39-24(29)30)38-19-7-9-36(10-8-19)11-12-37/h5-6,13,16,18-19,24,35,37H,7-12,14-15H2,1-4H3,(H2,31,32,33,34). The molecule has 9 nitrogen and oxygen atoms in total. The maximum absolute atomic E-state index is 14.6. The molecule has 2 saturated heterocycles. The normalized spacial score (nSPS) is 20.1. The van der Waals surface area contributed by atoms with E-state index in [1.165, 1.54) is 6.07 Å². The van der Waals surface area contributed by atoms with Crippen LogP contribution in [0.2, 0.25) is 0 Å². The number of aliphatic hydroxyl groups excluding tert-OH is 1. The lowest BCUT2D eigenvalue weighted by atomic mass is 9.79. The van der Waals surface area contributed by atoms with Crippen LogP contribution in [-0.4, -0.2) is 76.1 Å². The topological polar surface area (TPSA) is 104 Å². The summed E-state index contributed by atoms with van der Waals surface area (Å²) >= 11 is 0. The van der Waals surface area contributed by atoms with Crippen molar-refractivity contribution in [3.63, 3.8) is 0 Å². The Morgan fingerprint density at radius 3 is 2.46 bits per heavy atom. The number of nitrogens with one attached hydrogen (secondary N) is 3. The number of piperidine rings is 2. The number of alkyl halides is 2. The first kappa shape index (κ1) is 29.2. The van der Waals surface area contributed by atoms with E-state index in [1.54, 1.807) is 12.1 Å². The fourth-order valence-electron chi connectivity index (χ4n) is 5.72. The molecule has 2 aliphatic heterocycles. The second-order valence-electron chi connectivity index (χ2n) is 11.6. The van der Waals surface area contributed by atoms with Crippen molar-refractivity contribution in [2.24, 2.45) is 0 Å². The van der Waals surface area contributed by atoms with E-state index in [-0.39, 0.29) is 53.1 Å². The smallest absolute Gasteiger partial charge is 0.387 e. The van der Waals surface area contributed by atoms with Crippen molar-refractivity contribution in [2.75, 3.05) is 36.9 Å². The summed E-state index contributed by atoms with van der Waals surface area (Å²) in [5.74, 6) is -0.306. The molecule has 0 unspecified atom stereocenters. The molecule has 0 bridgehead atoms. The second-order valence-corrected chi connectivity index (χ2v) is 11.6. The van der Waals surface area contributed by atoms with Gasteiger partial charge in [-0.2, -0.15) is 13.8 Å². The summed E-state index contributed by atoms with van der Waals surface area (Å²) < 4.78 is 51.8. The predicted octanol–water partition coefficient (Wildman–Crippen LogP) is 4.52. The summed E-state index contributed by atoms with van der Waals surface area (Å²) in [6.45, 7) is 7.60. The molecule has 0 aliphatic carbocycles. The number of β-amino-alcohol motifs (C(OH)–C–C–N with tert-alkyl or cyclic N) is 1. The summed E-state index contributed by atoms with van der Waals surface area (Å²) in [6.07, 6.45) is 3.89. The van der Waals surface area contributed by atoms with Gasteiger partial charge in [-0.25, -0.2) is 9.37 Å². The number of aliphatic hydroxyl groups is 1. The van der Waals surface area contributed by atoms with Crippen molar-refractivity contribution in [2.45, 2.75) is 83.2 Å². The number of ether oxygens (including phenoxy) is 2. The van der Waals surface area contributed by atoms with Gasteiger partial charge >= 0.3 is 6.61 Å². The van der Waals surface area contributed by atoms with Crippen molar-refractivity contribution < 1.29 is 27.8 Å². The van der Waals surface area contributed by atoms with E-state index < -0.39 is 12.4 Å². The lowest BCUT2D eigenvalue weighted by Gasteiger charge is -2.46. The van der Waals surface area contributed by atoms with Gasteiger partial charge in [0.1, 0.15) is 6.10 Å². The minimum absolute atomic E-state index is 0.00789. The van der Waals surface area contributed by atoms with Crippen molar-refractivity contribution in [1.29, 1.82) is 0 Å². The van der Waals surface area contributed by atoms with Crippen molar-refractivity contribution in [3.05, 3.63) is 30.2 Å². The molecule has 12 heteroatoms. The van der Waals surface area contributed by atoms with Crippen LogP contribution in [0.25, 0.3) is 0 Å². The molecule has 0 radical (unpaired) electrons. The van der Waals surface area contributed by atoms with Crippen LogP contribution < -0.4 is 25.4 Å². The van der Waals surface area contributed by atoms with Gasteiger partial charge in [0, 0.05) is 48.5 Å². The van der Waals surface area contributed by atoms with Gasteiger partial charge in [0.25, 0.3) is 0 Å². The monoisotopic (exact) mass is 552 g/mol. The van der Waals surface area contributed by atoms with E-state index in [0.717, 1.165) is 32.1 Å². The number of likely N-dealkylation sites (tertiary alicyclic amines) is 1. The average molecular weight is 553 g/mol. The number of hydrogen-bond donors (Lipinski definition) is 4. The van der Waals surface area contributed by atoms with Gasteiger partial charge in [0.2, 0.25) is 5.95 Å². The molecule has 2 aliphatic rings. The van der Waals surface area contributed by atoms with Crippen molar-refractivity contribution >= 4 is 17.5 Å². The average Bonchev–Trinajstić information content (AvgIpc) is 2.82. The lowest BCUT2D eigenvalue weighted by molar-refractivity contribution is -0.0524. The molecular formula is C27H39F3N6O3. The Morgan fingerprint density at radius 1 is 1.13 bits per heavy atom. The van der Waals surface area contributed by atoms with Gasteiger partial charge in [0.05, 0.1) is 12.8 Å². The quantitative estimate of drug-likeness (QED) is 0.339. The molecule has 3 heterocycles. The molecule has 1 aromatic heterocycles. The minimum atomic E-state index is -3.04. The minimum Gasteiger partial charge on any atom is -0.486 e. The Balaban J connectivity index is 1.46. The summed E-state index contributed by atoms with van der Waals surface area (Å²) in [4.78, 5) is 10.5. The molecule has 4 N–H and O–H groups in total. The summed E-state index contributed by atoms with van der Waals surface area (Å²) in [7, 11) is 0. The number of benzene rings is 1. The molecule has 39 heavy (non-hydrogen) atoms. The lowest BCUT2D eigenvalue weighted by Crippen LogP contribution is -2.60. The van der Waals surface area contributed by atoms with E-state index >= 15 is 0 Å². The van der Waals surface area contributed by atoms with Crippen LogP contribution in [0.4, 0.5) is 30.6 Å². The number of anilines is 3. The number of halogens is 3. The molecule has 0 amide bonds. The third-order valence-electron chi connectivity index (χ3n) is 6.94. The Bertz CT molecular complexity index is 1100. The van der Waals surface area contributed by atoms with Gasteiger partial charge in [-0.15, -0.1) is 0 Å². The largest absolute Gasteiger partial charge is 0.486 e. The van der Waals surface area contributed by atoms with Crippen LogP contribution in [-0.2, 0) is 0 Å². The van der Waals surface area contributed by atoms with Crippen LogP contribution in [0.1, 0.15) is 53.4 Å². The molecule has 1 aromatic carbocycles. The van der Waals surface area contributed by atoms with Gasteiger partial charge < -0.3 is 35.4 Å². The first-order valence-electron chi connectivity index (χ1n) is 13.4. The van der Waals surface area contributed by atoms with Crippen molar-refractivity contribution in [3.8, 4) is 11.5 Å². The molecule has 2 fully saturated rings. The van der Waals surface area contributed by atoms with Gasteiger partial charge in [-0.1, -0.05) is 0 Å². The zero-order valence-electron chi connectivity index (χ0n) is 22.9. The number of hydrogen-bond acceptors (Lipinski definition) is 9. The van der Waals surface area contributed by atoms with Crippen LogP contribution in [0, 0.1) is 5.82 Å². The van der Waals surface area contributed by atoms with Crippen LogP contribution in [0.5, 0.6) is 11.5 Å². The molecule has 4 rings (SSSR count). The number of nitrogens with zero attached hydrogens (tertiary/aromatic N) is 3. The number of rotatable bonds is 10. The highest BCUT2D eigenvalue weighted by Crippen LogP contribution is 2.35. The van der Waals surface area contributed by atoms with E-state index in [9.17, 15) is 13.2 Å². The third-order valence-corrected chi connectivity index (χ3v) is 6.94. The van der Waals surface area contributed by atoms with Crippen LogP contribution in [0.15, 0.2) is 24.4 Å². The van der Waals surface area contributed by atoms with Gasteiger partial charge in [-0.3, -0.25) is 0 Å². The fraction of sp³-hybridized carbons (Fsp3) is 0.630. The summed E-state index contributed by atoms with van der Waals surface area (Å²) in [5.41, 5.74) is 0.119. The Morgan fingerprint density at radius 2 is 1.82 bits per heavy atom. The first-order valence-corrected chi connectivity index (χ1v) is 13.4. The van der Waals surface area contributed by atoms with Crippen molar-refractivity contribution in [1.82, 2.24) is 20.2 Å². The highest BCUT2D eigenvalue weighted by atomic mass is 19.3. The molecular weight excluding hydrogens is 513 g/mol. The van der Waals surface area contributed by atoms with Crippen LogP contribution >= 0.6 is 0 Å². The zero-order chi connectivity index (χ0) is 28.2. The Hall–Kier alpha value is -2.83. The summed E-state index contributed by atoms with van der Waals surface area (Å²) in [5, 5.41) is 18.9. The Labute approximate surface area is 227 Å². The maximum atomic E-state index is 14.6. The highest BCUT2D eigenvalue weighted by Gasteiger charge is 2.38. The van der Waals surface area contributed by atoms with Crippen LogP contribution in [0.3, 0.4) is 0 Å². The van der Waals surface area contributed by atoms with Gasteiger partial charge in [0.15, 0.2) is 23.1 Å². The third kappa shape index (κ3) is 8.33. The highest BCUT2D eigenvalue weighted by molar-refractivity contribution is 5.60. The maximum Gasteiger partial charge on any atom is 0.387 e. The van der Waals surface area contributed by atoms with E-state index in [4.69, 9.17) is 14.6 Å². The molecule has 2 aromatic rings. The predicted molar refractivity (Wildman–Crippen MR) is 143 cm³/mol. The summed E-state index contributed by atoms with van der Waals surface area (Å²) in [6, 6.07) is 4.58. The van der Waals surface area contributed by atoms with Gasteiger partial charge in [-0.05, 0) is 65.5 Å². The van der Waals surface area contributed by atoms with E-state index in [2.05, 4.69) is 58.5 Å². The van der Waals surface area contributed by atoms with E-state index in [1.807, 2.05) is 0 Å². The molecule has 216 valence electrons. The molecule has 0 saturated carbocycles. The SMILES string of the molecule is CC1(C)CC(Nc2nc(Nc3ccc(OC4CCN(CCO)CC4)c(OC(F)F)c3)ncc2F)CC(C)(C)N1. The number of aromatic nitrogens is 2. The fourth-order valence-corrected chi connectivity index (χ4v) is 5.72. The zero-order valence-corrected chi connectivity index (χ0v) is 22.9. The molecule has 0 spiro atoms. The molecule has 0 atom stereocenters.